The Labute approximate surface area is 136 Å². The van der Waals surface area contributed by atoms with Gasteiger partial charge in [0.15, 0.2) is 15.1 Å². The Morgan fingerprint density at radius 3 is 1.79 bits per heavy atom. The van der Waals surface area contributed by atoms with Gasteiger partial charge >= 0.3 is 5.97 Å². The van der Waals surface area contributed by atoms with Gasteiger partial charge in [0.1, 0.15) is 0 Å². The Bertz CT molecular complexity index is 472. The average molecular weight is 352 g/mol. The summed E-state index contributed by atoms with van der Waals surface area (Å²) < 4.78 is 4.43. The maximum Gasteiger partial charge on any atom is 0.304 e. The second kappa shape index (κ2) is 9.96. The number of nitrogens with zero attached hydrogens (tertiary/aromatic N) is 6. The van der Waals surface area contributed by atoms with Crippen molar-refractivity contribution in [3.8, 4) is 0 Å². The lowest BCUT2D eigenvalue weighted by molar-refractivity contribution is -0.738. The van der Waals surface area contributed by atoms with E-state index in [-0.39, 0.29) is 22.5 Å². The summed E-state index contributed by atoms with van der Waals surface area (Å²) in [5.41, 5.74) is 0. The zero-order valence-electron chi connectivity index (χ0n) is 13.6. The molecule has 0 aromatic rings. The van der Waals surface area contributed by atoms with Crippen molar-refractivity contribution in [2.75, 3.05) is 26.6 Å². The van der Waals surface area contributed by atoms with Crippen molar-refractivity contribution in [2.24, 2.45) is 5.92 Å². The van der Waals surface area contributed by atoms with Crippen LogP contribution in [0.2, 0.25) is 0 Å². The van der Waals surface area contributed by atoms with Crippen LogP contribution in [0.15, 0.2) is 0 Å². The third kappa shape index (κ3) is 8.50. The lowest BCUT2D eigenvalue weighted by Gasteiger charge is -2.22. The van der Waals surface area contributed by atoms with Crippen LogP contribution in [0.25, 0.3) is 0 Å². The first kappa shape index (κ1) is 21.1. The number of hydrazine groups is 3. The van der Waals surface area contributed by atoms with Crippen LogP contribution >= 0.6 is 0 Å². The smallest absolute Gasteiger partial charge is 0.304 e. The van der Waals surface area contributed by atoms with Gasteiger partial charge in [0, 0.05) is 6.92 Å². The van der Waals surface area contributed by atoms with Crippen LogP contribution in [-0.2, 0) is 9.53 Å². The molecule has 0 saturated carbocycles. The van der Waals surface area contributed by atoms with E-state index in [0.29, 0.717) is 11.4 Å². The number of hydrogen-bond acceptors (Lipinski definition) is 8. The van der Waals surface area contributed by atoms with Gasteiger partial charge in [0.2, 0.25) is 20.1 Å². The van der Waals surface area contributed by atoms with Gasteiger partial charge < -0.3 is 4.74 Å². The first-order valence-electron chi connectivity index (χ1n) is 6.85. The number of nitro groups is 3. The Kier molecular flexibility index (Phi) is 8.74. The zero-order valence-corrected chi connectivity index (χ0v) is 13.6. The number of carbonyl (C=O) groups excluding carboxylic acids is 1. The molecule has 0 spiro atoms. The fourth-order valence-electron chi connectivity index (χ4n) is 1.44. The van der Waals surface area contributed by atoms with Gasteiger partial charge in [-0.05, 0) is 12.3 Å². The Morgan fingerprint density at radius 1 is 0.958 bits per heavy atom. The van der Waals surface area contributed by atoms with Crippen molar-refractivity contribution in [3.63, 3.8) is 0 Å². The highest BCUT2D eigenvalue weighted by Crippen LogP contribution is 2.05. The topological polar surface area (TPSA) is 165 Å². The minimum absolute atomic E-state index is 0.0581. The summed E-state index contributed by atoms with van der Waals surface area (Å²) in [5.74, 6) is -0.672. The molecule has 0 aliphatic carbocycles. The second-order valence-corrected chi connectivity index (χ2v) is 5.19. The van der Waals surface area contributed by atoms with Crippen molar-refractivity contribution in [2.45, 2.75) is 27.2 Å². The third-order valence-corrected chi connectivity index (χ3v) is 2.73. The van der Waals surface area contributed by atoms with Crippen LogP contribution in [-0.4, -0.2) is 62.7 Å². The van der Waals surface area contributed by atoms with E-state index in [9.17, 15) is 35.1 Å². The third-order valence-electron chi connectivity index (χ3n) is 2.73. The number of carbonyl (C=O) groups is 1. The Morgan fingerprint density at radius 2 is 1.42 bits per heavy atom. The molecule has 0 heterocycles. The molecule has 0 aliphatic rings. The molecule has 138 valence electrons. The minimum atomic E-state index is -0.996. The quantitative estimate of drug-likeness (QED) is 0.200. The minimum Gasteiger partial charge on any atom is -0.439 e. The summed E-state index contributed by atoms with van der Waals surface area (Å²) in [5, 5.41) is 31.2. The predicted octanol–water partition coefficient (Wildman–Crippen LogP) is -0.0508. The molecule has 0 aliphatic heterocycles. The largest absolute Gasteiger partial charge is 0.439 e. The van der Waals surface area contributed by atoms with Gasteiger partial charge in [-0.15, -0.1) is 5.01 Å². The van der Waals surface area contributed by atoms with Gasteiger partial charge in [-0.1, -0.05) is 23.9 Å². The molecule has 0 bridgehead atoms. The molecule has 0 fully saturated rings. The number of esters is 1. The molecule has 0 saturated heterocycles. The maximum atomic E-state index is 11.0. The molecule has 0 atom stereocenters. The molecule has 0 rings (SSSR count). The van der Waals surface area contributed by atoms with Gasteiger partial charge in [0.05, 0.1) is 6.54 Å². The molecule has 14 heteroatoms. The van der Waals surface area contributed by atoms with Crippen molar-refractivity contribution < 1.29 is 24.6 Å². The van der Waals surface area contributed by atoms with Gasteiger partial charge in [-0.25, -0.2) is 30.3 Å². The van der Waals surface area contributed by atoms with Gasteiger partial charge in [-0.3, -0.25) is 4.79 Å². The highest BCUT2D eigenvalue weighted by Gasteiger charge is 2.30. The summed E-state index contributed by atoms with van der Waals surface area (Å²) in [7, 11) is 0. The van der Waals surface area contributed by atoms with E-state index in [0.717, 1.165) is 6.92 Å². The summed E-state index contributed by atoms with van der Waals surface area (Å²) in [6, 6.07) is 0. The van der Waals surface area contributed by atoms with Crippen LogP contribution in [0.4, 0.5) is 0 Å². The van der Waals surface area contributed by atoms with Crippen LogP contribution in [0.5, 0.6) is 0 Å². The van der Waals surface area contributed by atoms with Crippen molar-refractivity contribution in [3.05, 3.63) is 30.3 Å². The monoisotopic (exact) mass is 352 g/mol. The lowest BCUT2D eigenvalue weighted by Crippen LogP contribution is -2.50. The highest BCUT2D eigenvalue weighted by atomic mass is 16.7. The fourth-order valence-corrected chi connectivity index (χ4v) is 1.44. The van der Waals surface area contributed by atoms with E-state index in [1.54, 1.807) is 0 Å². The molecule has 14 nitrogen and oxygen atoms in total. The highest BCUT2D eigenvalue weighted by molar-refractivity contribution is 5.65. The van der Waals surface area contributed by atoms with Crippen LogP contribution < -0.4 is 0 Å². The maximum absolute atomic E-state index is 11.0. The summed E-state index contributed by atoms with van der Waals surface area (Å²) in [6.07, 6.45) is 0.416. The second-order valence-electron chi connectivity index (χ2n) is 5.19. The average Bonchev–Trinajstić information content (AvgIpc) is 2.43. The SMILES string of the molecule is CC(=O)OCN(CN(CN(CCC(C)C)[N+](=O)[O-])[N+](=O)[O-])[N+](=O)[O-]. The first-order valence-corrected chi connectivity index (χ1v) is 6.85. The predicted molar refractivity (Wildman–Crippen MR) is 77.2 cm³/mol. The number of rotatable bonds is 12. The first-order chi connectivity index (χ1) is 11.0. The van der Waals surface area contributed by atoms with E-state index in [4.69, 9.17) is 0 Å². The van der Waals surface area contributed by atoms with Gasteiger partial charge in [-0.2, -0.15) is 0 Å². The molecule has 0 aromatic heterocycles. The van der Waals surface area contributed by atoms with E-state index in [1.807, 2.05) is 13.8 Å². The van der Waals surface area contributed by atoms with Crippen molar-refractivity contribution in [1.82, 2.24) is 15.0 Å². The summed E-state index contributed by atoms with van der Waals surface area (Å²) in [6.45, 7) is 2.13. The molecule has 0 N–H and O–H groups in total. The number of hydrogen-bond donors (Lipinski definition) is 0. The van der Waals surface area contributed by atoms with Crippen molar-refractivity contribution in [1.29, 1.82) is 0 Å². The van der Waals surface area contributed by atoms with E-state index in [2.05, 4.69) is 4.74 Å². The Balaban J connectivity index is 4.96. The molecule has 24 heavy (non-hydrogen) atoms. The zero-order chi connectivity index (χ0) is 18.9. The van der Waals surface area contributed by atoms with Gasteiger partial charge in [0.25, 0.3) is 0 Å². The van der Waals surface area contributed by atoms with Crippen LogP contribution in [0.1, 0.15) is 27.2 Å². The van der Waals surface area contributed by atoms with E-state index >= 15 is 0 Å². The molecular formula is C10H20N6O8. The molecule has 0 aromatic carbocycles. The van der Waals surface area contributed by atoms with Crippen molar-refractivity contribution >= 4 is 5.97 Å². The fraction of sp³-hybridized carbons (Fsp3) is 0.900. The lowest BCUT2D eigenvalue weighted by atomic mass is 10.1. The molecule has 0 radical (unpaired) electrons. The van der Waals surface area contributed by atoms with Crippen LogP contribution in [0, 0.1) is 36.3 Å². The molecule has 0 unspecified atom stereocenters. The van der Waals surface area contributed by atoms with Crippen LogP contribution in [0.3, 0.4) is 0 Å². The summed E-state index contributed by atoms with van der Waals surface area (Å²) in [4.78, 5) is 43.5. The summed E-state index contributed by atoms with van der Waals surface area (Å²) >= 11 is 0. The van der Waals surface area contributed by atoms with E-state index < -0.39 is 41.1 Å². The molecule has 0 amide bonds. The standard InChI is InChI=1S/C10H20N6O8/c1-9(2)4-5-11(14(18)19)6-12(15(20)21)7-13(16(22)23)8-24-10(3)17/h9H,4-8H2,1-3H3. The molecular weight excluding hydrogens is 332 g/mol. The number of ether oxygens (including phenoxy) is 1. The van der Waals surface area contributed by atoms with E-state index in [1.165, 1.54) is 0 Å². The normalized spacial score (nSPS) is 10.2. The Hall–Kier alpha value is -2.93.